The summed E-state index contributed by atoms with van der Waals surface area (Å²) in [4.78, 5) is 13.3. The molecule has 4 heteroatoms. The van der Waals surface area contributed by atoms with Gasteiger partial charge in [0, 0.05) is 13.1 Å². The summed E-state index contributed by atoms with van der Waals surface area (Å²) in [6.45, 7) is 7.63. The molecule has 1 aliphatic rings. The summed E-state index contributed by atoms with van der Waals surface area (Å²) in [5, 5.41) is 9.52. The molecule has 2 unspecified atom stereocenters. The molecule has 0 bridgehead atoms. The van der Waals surface area contributed by atoms with Crippen LogP contribution in [-0.4, -0.2) is 41.9 Å². The molecular weight excluding hydrogens is 194 g/mol. The predicted molar refractivity (Wildman–Crippen MR) is 57.5 cm³/mol. The van der Waals surface area contributed by atoms with Crippen molar-refractivity contribution < 1.29 is 14.6 Å². The third-order valence-corrected chi connectivity index (χ3v) is 2.66. The number of aliphatic hydroxyl groups is 1. The van der Waals surface area contributed by atoms with Crippen LogP contribution in [0.5, 0.6) is 0 Å². The highest BCUT2D eigenvalue weighted by molar-refractivity contribution is 5.67. The number of carbonyl (C=O) groups is 1. The second-order valence-electron chi connectivity index (χ2n) is 4.75. The predicted octanol–water partition coefficient (Wildman–Crippen LogP) is 1.48. The number of amides is 1. The van der Waals surface area contributed by atoms with Gasteiger partial charge in [-0.25, -0.2) is 4.79 Å². The Morgan fingerprint density at radius 1 is 1.60 bits per heavy atom. The molecule has 0 aliphatic carbocycles. The molecule has 4 nitrogen and oxygen atoms in total. The molecule has 1 N–H and O–H groups in total. The van der Waals surface area contributed by atoms with Crippen molar-refractivity contribution in [2.75, 3.05) is 19.7 Å². The smallest absolute Gasteiger partial charge is 0.409 e. The molecule has 0 aromatic rings. The highest BCUT2D eigenvalue weighted by atomic mass is 16.6. The van der Waals surface area contributed by atoms with Gasteiger partial charge in [-0.3, -0.25) is 0 Å². The molecule has 88 valence electrons. The van der Waals surface area contributed by atoms with Gasteiger partial charge in [-0.1, -0.05) is 20.8 Å². The van der Waals surface area contributed by atoms with E-state index in [2.05, 4.69) is 0 Å². The summed E-state index contributed by atoms with van der Waals surface area (Å²) in [6, 6.07) is 0. The third kappa shape index (κ3) is 3.70. The number of likely N-dealkylation sites (tertiary alicyclic amines) is 1. The van der Waals surface area contributed by atoms with Gasteiger partial charge in [0.05, 0.1) is 12.7 Å². The number of rotatable bonds is 2. The average molecular weight is 215 g/mol. The number of carbonyl (C=O) groups excluding carboxylic acids is 1. The normalized spacial score (nSPS) is 26.9. The average Bonchev–Trinajstić information content (AvgIpc) is 2.18. The Balaban J connectivity index is 2.34. The van der Waals surface area contributed by atoms with Gasteiger partial charge in [0.2, 0.25) is 0 Å². The van der Waals surface area contributed by atoms with Crippen LogP contribution in [0.3, 0.4) is 0 Å². The van der Waals surface area contributed by atoms with Crippen LogP contribution in [0.2, 0.25) is 0 Å². The fraction of sp³-hybridized carbons (Fsp3) is 0.909. The summed E-state index contributed by atoms with van der Waals surface area (Å²) in [5.74, 6) is 0.507. The van der Waals surface area contributed by atoms with Gasteiger partial charge < -0.3 is 14.7 Å². The maximum Gasteiger partial charge on any atom is 0.409 e. The van der Waals surface area contributed by atoms with E-state index >= 15 is 0 Å². The highest BCUT2D eigenvalue weighted by Crippen LogP contribution is 2.17. The molecular formula is C11H21NO3. The number of aliphatic hydroxyl groups excluding tert-OH is 1. The van der Waals surface area contributed by atoms with Gasteiger partial charge in [-0.05, 0) is 18.3 Å². The second-order valence-corrected chi connectivity index (χ2v) is 4.75. The first-order chi connectivity index (χ1) is 7.00. The molecule has 1 rings (SSSR count). The Bertz CT molecular complexity index is 218. The van der Waals surface area contributed by atoms with Gasteiger partial charge in [-0.2, -0.15) is 0 Å². The first kappa shape index (κ1) is 12.3. The van der Waals surface area contributed by atoms with Crippen LogP contribution >= 0.6 is 0 Å². The van der Waals surface area contributed by atoms with E-state index in [-0.39, 0.29) is 18.1 Å². The van der Waals surface area contributed by atoms with Gasteiger partial charge in [0.25, 0.3) is 0 Å². The highest BCUT2D eigenvalue weighted by Gasteiger charge is 2.27. The lowest BCUT2D eigenvalue weighted by Crippen LogP contribution is -2.45. The maximum atomic E-state index is 11.6. The number of ether oxygens (including phenoxy) is 1. The molecule has 2 atom stereocenters. The quantitative estimate of drug-likeness (QED) is 0.759. The molecule has 1 heterocycles. The SMILES string of the molecule is CC(C)COC(=O)N1CCC(O)C(C)C1. The van der Waals surface area contributed by atoms with Gasteiger partial charge in [0.1, 0.15) is 0 Å². The van der Waals surface area contributed by atoms with Crippen LogP contribution < -0.4 is 0 Å². The van der Waals surface area contributed by atoms with Crippen LogP contribution in [0, 0.1) is 11.8 Å². The van der Waals surface area contributed by atoms with Crippen molar-refractivity contribution >= 4 is 6.09 Å². The Labute approximate surface area is 91.2 Å². The maximum absolute atomic E-state index is 11.6. The molecule has 0 saturated carbocycles. The molecule has 0 aromatic heterocycles. The topological polar surface area (TPSA) is 49.8 Å². The molecule has 1 aliphatic heterocycles. The Morgan fingerprint density at radius 2 is 2.27 bits per heavy atom. The van der Waals surface area contributed by atoms with Crippen LogP contribution in [-0.2, 0) is 4.74 Å². The molecule has 15 heavy (non-hydrogen) atoms. The van der Waals surface area contributed by atoms with E-state index in [1.54, 1.807) is 4.90 Å². The zero-order valence-electron chi connectivity index (χ0n) is 9.77. The first-order valence-electron chi connectivity index (χ1n) is 5.60. The van der Waals surface area contributed by atoms with E-state index in [0.717, 1.165) is 0 Å². The zero-order valence-corrected chi connectivity index (χ0v) is 9.77. The second kappa shape index (κ2) is 5.35. The summed E-state index contributed by atoms with van der Waals surface area (Å²) in [5.41, 5.74) is 0. The standard InChI is InChI=1S/C11H21NO3/c1-8(2)7-15-11(14)12-5-4-10(13)9(3)6-12/h8-10,13H,4-7H2,1-3H3. The van der Waals surface area contributed by atoms with Crippen molar-refractivity contribution in [2.45, 2.75) is 33.3 Å². The van der Waals surface area contributed by atoms with Crippen LogP contribution in [0.25, 0.3) is 0 Å². The van der Waals surface area contributed by atoms with Crippen molar-refractivity contribution in [3.63, 3.8) is 0 Å². The van der Waals surface area contributed by atoms with E-state index in [1.165, 1.54) is 0 Å². The molecule has 0 aromatic carbocycles. The first-order valence-corrected chi connectivity index (χ1v) is 5.60. The number of hydrogen-bond donors (Lipinski definition) is 1. The lowest BCUT2D eigenvalue weighted by Gasteiger charge is -2.33. The molecule has 1 saturated heterocycles. The van der Waals surface area contributed by atoms with Crippen molar-refractivity contribution in [1.29, 1.82) is 0 Å². The van der Waals surface area contributed by atoms with E-state index in [0.29, 0.717) is 32.0 Å². The van der Waals surface area contributed by atoms with Crippen LogP contribution in [0.4, 0.5) is 4.79 Å². The Morgan fingerprint density at radius 3 is 2.80 bits per heavy atom. The lowest BCUT2D eigenvalue weighted by atomic mass is 9.97. The number of hydrogen-bond acceptors (Lipinski definition) is 3. The minimum absolute atomic E-state index is 0.144. The fourth-order valence-corrected chi connectivity index (χ4v) is 1.63. The number of piperidine rings is 1. The Kier molecular flexibility index (Phi) is 4.39. The van der Waals surface area contributed by atoms with E-state index < -0.39 is 0 Å². The van der Waals surface area contributed by atoms with E-state index in [1.807, 2.05) is 20.8 Å². The van der Waals surface area contributed by atoms with Gasteiger partial charge in [0.15, 0.2) is 0 Å². The van der Waals surface area contributed by atoms with E-state index in [4.69, 9.17) is 4.74 Å². The van der Waals surface area contributed by atoms with Crippen LogP contribution in [0.15, 0.2) is 0 Å². The summed E-state index contributed by atoms with van der Waals surface area (Å²) < 4.78 is 5.13. The minimum Gasteiger partial charge on any atom is -0.449 e. The van der Waals surface area contributed by atoms with Gasteiger partial charge in [-0.15, -0.1) is 0 Å². The van der Waals surface area contributed by atoms with E-state index in [9.17, 15) is 9.90 Å². The minimum atomic E-state index is -0.279. The summed E-state index contributed by atoms with van der Waals surface area (Å²) in [6.07, 6.45) is 0.124. The fourth-order valence-electron chi connectivity index (χ4n) is 1.63. The van der Waals surface area contributed by atoms with Crippen molar-refractivity contribution in [1.82, 2.24) is 4.90 Å². The molecule has 1 fully saturated rings. The van der Waals surface area contributed by atoms with Gasteiger partial charge >= 0.3 is 6.09 Å². The Hall–Kier alpha value is -0.770. The monoisotopic (exact) mass is 215 g/mol. The number of nitrogens with zero attached hydrogens (tertiary/aromatic N) is 1. The molecule has 1 amide bonds. The summed E-state index contributed by atoms with van der Waals surface area (Å²) in [7, 11) is 0. The van der Waals surface area contributed by atoms with Crippen molar-refractivity contribution in [3.05, 3.63) is 0 Å². The van der Waals surface area contributed by atoms with Crippen molar-refractivity contribution in [3.8, 4) is 0 Å². The summed E-state index contributed by atoms with van der Waals surface area (Å²) >= 11 is 0. The lowest BCUT2D eigenvalue weighted by molar-refractivity contribution is 0.0242. The third-order valence-electron chi connectivity index (χ3n) is 2.66. The molecule has 0 radical (unpaired) electrons. The zero-order chi connectivity index (χ0) is 11.4. The largest absolute Gasteiger partial charge is 0.449 e. The van der Waals surface area contributed by atoms with Crippen molar-refractivity contribution in [2.24, 2.45) is 11.8 Å². The molecule has 0 spiro atoms. The van der Waals surface area contributed by atoms with Crippen LogP contribution in [0.1, 0.15) is 27.2 Å².